The highest BCUT2D eigenvalue weighted by Gasteiger charge is 2.48. The zero-order valence-electron chi connectivity index (χ0n) is 13.8. The SMILES string of the molecule is CO[C@@H]1CC(F)(F)CN1C1CCN(OC(=O)C(C)(C)C)CC1. The fourth-order valence-electron chi connectivity index (χ4n) is 2.91. The van der Waals surface area contributed by atoms with Gasteiger partial charge in [-0.3, -0.25) is 4.90 Å². The molecule has 5 nitrogen and oxygen atoms in total. The lowest BCUT2D eigenvalue weighted by Crippen LogP contribution is -2.48. The highest BCUT2D eigenvalue weighted by molar-refractivity contribution is 5.75. The summed E-state index contributed by atoms with van der Waals surface area (Å²) in [5.74, 6) is -2.95. The molecule has 0 aromatic heterocycles. The number of halogens is 2. The Labute approximate surface area is 130 Å². The van der Waals surface area contributed by atoms with Crippen molar-refractivity contribution in [2.24, 2.45) is 5.41 Å². The first kappa shape index (κ1) is 17.6. The van der Waals surface area contributed by atoms with Crippen LogP contribution in [0.4, 0.5) is 8.78 Å². The van der Waals surface area contributed by atoms with Gasteiger partial charge in [-0.1, -0.05) is 0 Å². The summed E-state index contributed by atoms with van der Waals surface area (Å²) in [5, 5.41) is 1.64. The number of piperidine rings is 1. The van der Waals surface area contributed by atoms with Crippen LogP contribution in [-0.2, 0) is 14.4 Å². The smallest absolute Gasteiger partial charge is 0.330 e. The van der Waals surface area contributed by atoms with Gasteiger partial charge in [0.2, 0.25) is 0 Å². The van der Waals surface area contributed by atoms with E-state index in [4.69, 9.17) is 9.57 Å². The summed E-state index contributed by atoms with van der Waals surface area (Å²) in [5.41, 5.74) is -0.547. The molecule has 2 fully saturated rings. The second-order valence-corrected chi connectivity index (χ2v) is 7.21. The van der Waals surface area contributed by atoms with Crippen molar-refractivity contribution in [1.29, 1.82) is 0 Å². The minimum absolute atomic E-state index is 0.0444. The molecule has 1 atom stereocenters. The number of alkyl halides is 2. The minimum atomic E-state index is -2.68. The van der Waals surface area contributed by atoms with Crippen LogP contribution in [0.5, 0.6) is 0 Å². The van der Waals surface area contributed by atoms with Crippen LogP contribution >= 0.6 is 0 Å². The predicted octanol–water partition coefficient (Wildman–Crippen LogP) is 2.27. The van der Waals surface area contributed by atoms with Crippen molar-refractivity contribution in [3.63, 3.8) is 0 Å². The van der Waals surface area contributed by atoms with E-state index in [1.807, 2.05) is 0 Å². The van der Waals surface area contributed by atoms with Crippen molar-refractivity contribution < 1.29 is 23.1 Å². The van der Waals surface area contributed by atoms with E-state index in [9.17, 15) is 13.6 Å². The van der Waals surface area contributed by atoms with Gasteiger partial charge in [0.1, 0.15) is 6.23 Å². The topological polar surface area (TPSA) is 42.0 Å². The number of methoxy groups -OCH3 is 1. The molecule has 128 valence electrons. The molecule has 0 unspecified atom stereocenters. The lowest BCUT2D eigenvalue weighted by atomic mass is 9.98. The van der Waals surface area contributed by atoms with Crippen molar-refractivity contribution in [1.82, 2.24) is 9.96 Å². The average molecular weight is 320 g/mol. The molecule has 2 heterocycles. The van der Waals surface area contributed by atoms with Gasteiger partial charge in [-0.15, -0.1) is 5.06 Å². The highest BCUT2D eigenvalue weighted by Crippen LogP contribution is 2.35. The second-order valence-electron chi connectivity index (χ2n) is 7.21. The Morgan fingerprint density at radius 1 is 1.23 bits per heavy atom. The zero-order valence-corrected chi connectivity index (χ0v) is 13.8. The molecule has 0 aromatic rings. The predicted molar refractivity (Wildman–Crippen MR) is 77.2 cm³/mol. The quantitative estimate of drug-likeness (QED) is 0.798. The van der Waals surface area contributed by atoms with E-state index in [0.29, 0.717) is 25.9 Å². The number of carbonyl (C=O) groups excluding carboxylic acids is 1. The Morgan fingerprint density at radius 2 is 1.82 bits per heavy atom. The summed E-state index contributed by atoms with van der Waals surface area (Å²) in [6, 6.07) is 0.0444. The first-order chi connectivity index (χ1) is 10.1. The molecule has 0 radical (unpaired) electrons. The van der Waals surface area contributed by atoms with Gasteiger partial charge in [0.15, 0.2) is 0 Å². The summed E-state index contributed by atoms with van der Waals surface area (Å²) in [6.45, 7) is 6.28. The van der Waals surface area contributed by atoms with E-state index in [1.54, 1.807) is 30.7 Å². The standard InChI is InChI=1S/C15H26F2N2O3/c1-14(2,3)13(20)22-18-7-5-11(6-8-18)19-10-15(16,17)9-12(19)21-4/h11-12H,5-10H2,1-4H3/t12-/m1/s1. The van der Waals surface area contributed by atoms with Crippen LogP contribution in [0.25, 0.3) is 0 Å². The number of hydrogen-bond donors (Lipinski definition) is 0. The number of hydroxylamine groups is 2. The molecule has 0 amide bonds. The third-order valence-corrected chi connectivity index (χ3v) is 4.25. The van der Waals surface area contributed by atoms with E-state index in [1.165, 1.54) is 7.11 Å². The average Bonchev–Trinajstić information content (AvgIpc) is 2.74. The maximum Gasteiger partial charge on any atom is 0.330 e. The second kappa shape index (κ2) is 6.37. The summed E-state index contributed by atoms with van der Waals surface area (Å²) >= 11 is 0. The highest BCUT2D eigenvalue weighted by atomic mass is 19.3. The van der Waals surface area contributed by atoms with Crippen molar-refractivity contribution in [3.05, 3.63) is 0 Å². The third kappa shape index (κ3) is 4.14. The minimum Gasteiger partial charge on any atom is -0.367 e. The number of nitrogens with zero attached hydrogens (tertiary/aromatic N) is 2. The van der Waals surface area contributed by atoms with Crippen molar-refractivity contribution in [2.75, 3.05) is 26.7 Å². The summed E-state index contributed by atoms with van der Waals surface area (Å²) in [7, 11) is 1.47. The molecule has 2 aliphatic rings. The molecule has 0 saturated carbocycles. The number of rotatable bonds is 3. The van der Waals surface area contributed by atoms with E-state index in [2.05, 4.69) is 0 Å². The van der Waals surface area contributed by atoms with Gasteiger partial charge in [-0.25, -0.2) is 13.6 Å². The first-order valence-corrected chi connectivity index (χ1v) is 7.76. The Balaban J connectivity index is 1.86. The van der Waals surface area contributed by atoms with Crippen LogP contribution in [0.15, 0.2) is 0 Å². The van der Waals surface area contributed by atoms with Gasteiger partial charge < -0.3 is 9.57 Å². The van der Waals surface area contributed by atoms with Gasteiger partial charge in [0.05, 0.1) is 18.4 Å². The molecule has 2 rings (SSSR count). The Bertz CT molecular complexity index is 404. The number of carbonyl (C=O) groups is 1. The Hall–Kier alpha value is -0.790. The lowest BCUT2D eigenvalue weighted by Gasteiger charge is -2.38. The molecule has 7 heteroatoms. The van der Waals surface area contributed by atoms with Crippen LogP contribution in [0, 0.1) is 5.41 Å². The van der Waals surface area contributed by atoms with Gasteiger partial charge in [-0.2, -0.15) is 0 Å². The molecular formula is C15H26F2N2O3. The normalized spacial score (nSPS) is 28.0. The number of ether oxygens (including phenoxy) is 1. The van der Waals surface area contributed by atoms with Crippen LogP contribution < -0.4 is 0 Å². The number of hydrogen-bond acceptors (Lipinski definition) is 5. The summed E-state index contributed by atoms with van der Waals surface area (Å²) in [4.78, 5) is 19.0. The van der Waals surface area contributed by atoms with Gasteiger partial charge in [-0.05, 0) is 33.6 Å². The fourth-order valence-corrected chi connectivity index (χ4v) is 2.91. The largest absolute Gasteiger partial charge is 0.367 e. The Morgan fingerprint density at radius 3 is 2.32 bits per heavy atom. The maximum atomic E-state index is 13.6. The fraction of sp³-hybridized carbons (Fsp3) is 0.933. The Kier molecular flexibility index (Phi) is 5.09. The molecule has 0 spiro atoms. The number of likely N-dealkylation sites (tertiary alicyclic amines) is 1. The molecule has 0 aliphatic carbocycles. The monoisotopic (exact) mass is 320 g/mol. The molecule has 0 N–H and O–H groups in total. The van der Waals surface area contributed by atoms with Crippen LogP contribution in [0.2, 0.25) is 0 Å². The molecule has 22 heavy (non-hydrogen) atoms. The summed E-state index contributed by atoms with van der Waals surface area (Å²) < 4.78 is 32.3. The van der Waals surface area contributed by atoms with Crippen LogP contribution in [0.3, 0.4) is 0 Å². The van der Waals surface area contributed by atoms with Gasteiger partial charge >= 0.3 is 5.97 Å². The molecule has 0 aromatic carbocycles. The third-order valence-electron chi connectivity index (χ3n) is 4.25. The van der Waals surface area contributed by atoms with E-state index in [-0.39, 0.29) is 25.0 Å². The molecule has 2 aliphatic heterocycles. The first-order valence-electron chi connectivity index (χ1n) is 7.76. The van der Waals surface area contributed by atoms with Crippen LogP contribution in [0.1, 0.15) is 40.0 Å². The lowest BCUT2D eigenvalue weighted by molar-refractivity contribution is -0.207. The van der Waals surface area contributed by atoms with Gasteiger partial charge in [0.25, 0.3) is 5.92 Å². The van der Waals surface area contributed by atoms with Gasteiger partial charge in [0, 0.05) is 26.2 Å². The molecular weight excluding hydrogens is 294 g/mol. The van der Waals surface area contributed by atoms with Crippen molar-refractivity contribution >= 4 is 5.97 Å². The van der Waals surface area contributed by atoms with Crippen molar-refractivity contribution in [3.8, 4) is 0 Å². The van der Waals surface area contributed by atoms with Crippen LogP contribution in [-0.4, -0.2) is 60.9 Å². The zero-order chi connectivity index (χ0) is 16.5. The maximum absolute atomic E-state index is 13.6. The van der Waals surface area contributed by atoms with E-state index >= 15 is 0 Å². The summed E-state index contributed by atoms with van der Waals surface area (Å²) in [6.07, 6.45) is 0.604. The van der Waals surface area contributed by atoms with E-state index in [0.717, 1.165) is 0 Å². The van der Waals surface area contributed by atoms with E-state index < -0.39 is 17.6 Å². The van der Waals surface area contributed by atoms with Crippen molar-refractivity contribution in [2.45, 2.75) is 58.2 Å². The molecule has 0 bridgehead atoms. The molecule has 2 saturated heterocycles.